The largest absolute Gasteiger partial charge is 0.756 e. The Hall–Kier alpha value is -2.58. The molecule has 0 bridgehead atoms. The number of esters is 1. The van der Waals surface area contributed by atoms with Crippen LogP contribution < -0.4 is 4.89 Å². The van der Waals surface area contributed by atoms with E-state index in [0.29, 0.717) is 24.1 Å². The molecule has 0 spiro atoms. The summed E-state index contributed by atoms with van der Waals surface area (Å²) < 4.78 is 34.6. The first-order chi connectivity index (χ1) is 29.1. The summed E-state index contributed by atoms with van der Waals surface area (Å²) in [4.78, 5) is 25.1. The van der Waals surface area contributed by atoms with Crippen LogP contribution in [0.5, 0.6) is 0 Å². The molecule has 0 radical (unpaired) electrons. The lowest BCUT2D eigenvalue weighted by atomic mass is 10.1. The minimum atomic E-state index is -4.54. The maximum atomic E-state index is 12.7. The van der Waals surface area contributed by atoms with Crippen molar-refractivity contribution in [3.63, 3.8) is 0 Å². The van der Waals surface area contributed by atoms with Crippen LogP contribution in [0.2, 0.25) is 0 Å². The highest BCUT2D eigenvalue weighted by molar-refractivity contribution is 7.45. The molecule has 344 valence electrons. The second-order valence-electron chi connectivity index (χ2n) is 16.4. The number of carbonyl (C=O) groups excluding carboxylic acids is 1. The van der Waals surface area contributed by atoms with Crippen molar-refractivity contribution < 1.29 is 37.3 Å². The molecule has 0 saturated heterocycles. The van der Waals surface area contributed by atoms with Gasteiger partial charge in [-0.15, -0.1) is 0 Å². The van der Waals surface area contributed by atoms with Crippen LogP contribution in [0.25, 0.3) is 0 Å². The van der Waals surface area contributed by atoms with Gasteiger partial charge >= 0.3 is 5.97 Å². The summed E-state index contributed by atoms with van der Waals surface area (Å²) >= 11 is 0. The molecule has 0 aromatic carbocycles. The number of carbonyl (C=O) groups is 1. The second kappa shape index (κ2) is 43.1. The zero-order chi connectivity index (χ0) is 44.1. The third-order valence-electron chi connectivity index (χ3n) is 9.37. The molecule has 8 nitrogen and oxygen atoms in total. The predicted molar refractivity (Wildman–Crippen MR) is 254 cm³/mol. The molecule has 2 unspecified atom stereocenters. The van der Waals surface area contributed by atoms with Gasteiger partial charge in [0, 0.05) is 13.0 Å². The van der Waals surface area contributed by atoms with Crippen molar-refractivity contribution in [1.29, 1.82) is 0 Å². The Morgan fingerprint density at radius 3 is 1.47 bits per heavy atom. The van der Waals surface area contributed by atoms with E-state index in [-0.39, 0.29) is 32.2 Å². The van der Waals surface area contributed by atoms with Gasteiger partial charge in [0.15, 0.2) is 0 Å². The molecular formula is C51H88NO7P. The molecule has 0 fully saturated rings. The summed E-state index contributed by atoms with van der Waals surface area (Å²) in [6.45, 7) is 5.19. The molecule has 0 aromatic heterocycles. The molecule has 0 aliphatic rings. The van der Waals surface area contributed by atoms with Gasteiger partial charge in [0.25, 0.3) is 7.82 Å². The van der Waals surface area contributed by atoms with E-state index >= 15 is 0 Å². The van der Waals surface area contributed by atoms with Gasteiger partial charge in [0.2, 0.25) is 0 Å². The lowest BCUT2D eigenvalue weighted by molar-refractivity contribution is -0.870. The van der Waals surface area contributed by atoms with E-state index in [1.807, 2.05) is 21.1 Å². The molecule has 0 aliphatic heterocycles. The van der Waals surface area contributed by atoms with Gasteiger partial charge in [-0.05, 0) is 96.3 Å². The van der Waals surface area contributed by atoms with Crippen LogP contribution in [0.1, 0.15) is 162 Å². The quantitative estimate of drug-likeness (QED) is 0.0198. The van der Waals surface area contributed by atoms with Crippen LogP contribution in [0.15, 0.2) is 97.2 Å². The van der Waals surface area contributed by atoms with Crippen molar-refractivity contribution in [2.45, 2.75) is 168 Å². The summed E-state index contributed by atoms with van der Waals surface area (Å²) in [6.07, 6.45) is 58.5. The monoisotopic (exact) mass is 858 g/mol. The fraction of sp³-hybridized carbons (Fsp3) is 0.667. The topological polar surface area (TPSA) is 94.1 Å². The normalized spacial score (nSPS) is 14.6. The van der Waals surface area contributed by atoms with E-state index in [2.05, 4.69) is 111 Å². The predicted octanol–water partition coefficient (Wildman–Crippen LogP) is 13.6. The summed E-state index contributed by atoms with van der Waals surface area (Å²) in [5.74, 6) is -0.372. The minimum Gasteiger partial charge on any atom is -0.756 e. The van der Waals surface area contributed by atoms with Gasteiger partial charge in [-0.2, -0.15) is 0 Å². The van der Waals surface area contributed by atoms with Crippen LogP contribution in [0.4, 0.5) is 0 Å². The van der Waals surface area contributed by atoms with Crippen molar-refractivity contribution >= 4 is 13.8 Å². The van der Waals surface area contributed by atoms with E-state index in [1.54, 1.807) is 0 Å². The molecule has 60 heavy (non-hydrogen) atoms. The first-order valence-corrected chi connectivity index (χ1v) is 24.9. The summed E-state index contributed by atoms with van der Waals surface area (Å²) in [5, 5.41) is 0. The highest BCUT2D eigenvalue weighted by atomic mass is 31.2. The Balaban J connectivity index is 4.29. The maximum Gasteiger partial charge on any atom is 0.306 e. The Labute approximate surface area is 368 Å². The number of nitrogens with zero attached hydrogens (tertiary/aromatic N) is 1. The maximum absolute atomic E-state index is 12.7. The second-order valence-corrected chi connectivity index (χ2v) is 17.8. The first kappa shape index (κ1) is 57.4. The Kier molecular flexibility index (Phi) is 41.2. The third kappa shape index (κ3) is 46.5. The molecule has 0 amide bonds. The zero-order valence-corrected chi connectivity index (χ0v) is 39.8. The number of hydrogen-bond donors (Lipinski definition) is 0. The van der Waals surface area contributed by atoms with Crippen LogP contribution in [-0.2, 0) is 27.9 Å². The van der Waals surface area contributed by atoms with Crippen molar-refractivity contribution in [2.24, 2.45) is 0 Å². The summed E-state index contributed by atoms with van der Waals surface area (Å²) in [6, 6.07) is 0. The molecule has 0 heterocycles. The van der Waals surface area contributed by atoms with Gasteiger partial charge in [0.05, 0.1) is 34.4 Å². The average Bonchev–Trinajstić information content (AvgIpc) is 3.20. The van der Waals surface area contributed by atoms with Crippen LogP contribution in [0, 0.1) is 0 Å². The van der Waals surface area contributed by atoms with Gasteiger partial charge in [-0.25, -0.2) is 0 Å². The highest BCUT2D eigenvalue weighted by Crippen LogP contribution is 2.38. The number of unbranched alkanes of at least 4 members (excludes halogenated alkanes) is 12. The van der Waals surface area contributed by atoms with Crippen molar-refractivity contribution in [1.82, 2.24) is 0 Å². The lowest BCUT2D eigenvalue weighted by Gasteiger charge is -2.28. The van der Waals surface area contributed by atoms with Crippen molar-refractivity contribution in [3.8, 4) is 0 Å². The fourth-order valence-corrected chi connectivity index (χ4v) is 6.48. The number of hydrogen-bond acceptors (Lipinski definition) is 7. The Bertz CT molecular complexity index is 1270. The molecule has 0 saturated carbocycles. The number of phosphoric acid groups is 1. The summed E-state index contributed by atoms with van der Waals surface area (Å²) in [5.41, 5.74) is 0. The Morgan fingerprint density at radius 1 is 0.533 bits per heavy atom. The molecule has 2 atom stereocenters. The molecule has 0 rings (SSSR count). The highest BCUT2D eigenvalue weighted by Gasteiger charge is 2.20. The number of quaternary nitrogens is 1. The number of ether oxygens (including phenoxy) is 2. The minimum absolute atomic E-state index is 0.0126. The molecule has 0 aliphatic carbocycles. The molecular weight excluding hydrogens is 770 g/mol. The van der Waals surface area contributed by atoms with E-state index < -0.39 is 13.9 Å². The SMILES string of the molecule is CC/C=C\C/C=C\C/C=C\C/C=C\C/C=C\C/C=C\C/C=C\CCCCCC(=O)OC(COCCCCCCCC/C=C\CCCCC)COP(=O)([O-])OCC[N+](C)(C)C. The molecule has 0 N–H and O–H groups in total. The van der Waals surface area contributed by atoms with E-state index in [1.165, 1.54) is 44.9 Å². The van der Waals surface area contributed by atoms with E-state index in [9.17, 15) is 14.3 Å². The van der Waals surface area contributed by atoms with Gasteiger partial charge in [0.1, 0.15) is 19.3 Å². The van der Waals surface area contributed by atoms with E-state index in [4.69, 9.17) is 18.5 Å². The van der Waals surface area contributed by atoms with Crippen molar-refractivity contribution in [3.05, 3.63) is 97.2 Å². The standard InChI is InChI=1S/C51H88NO7P/c1-6-8-10-12-14-16-18-20-21-22-23-24-25-26-27-28-29-30-31-32-34-36-38-40-42-44-51(53)59-50(49-58-60(54,55)57-47-45-52(3,4)5)48-56-46-43-41-39-37-35-33-19-17-15-13-11-9-7-2/h8,10,14-17,20-21,23-24,26-27,29-30,32,34,50H,6-7,9,11-13,18-19,22,25,28,31,33,35-49H2,1-5H3/b10-8-,16-14-,17-15-,21-20-,24-23-,27-26-,30-29-,34-32-. The van der Waals surface area contributed by atoms with E-state index in [0.717, 1.165) is 89.9 Å². The number of allylic oxidation sites excluding steroid dienone is 16. The third-order valence-corrected chi connectivity index (χ3v) is 10.3. The summed E-state index contributed by atoms with van der Waals surface area (Å²) in [7, 11) is 1.31. The van der Waals surface area contributed by atoms with Crippen molar-refractivity contribution in [2.75, 3.05) is 54.1 Å². The van der Waals surface area contributed by atoms with Gasteiger partial charge in [-0.3, -0.25) is 9.36 Å². The number of rotatable bonds is 42. The molecule has 0 aromatic rings. The average molecular weight is 858 g/mol. The smallest absolute Gasteiger partial charge is 0.306 e. The lowest BCUT2D eigenvalue weighted by Crippen LogP contribution is -2.37. The van der Waals surface area contributed by atoms with Crippen LogP contribution >= 0.6 is 7.82 Å². The van der Waals surface area contributed by atoms with Gasteiger partial charge < -0.3 is 27.9 Å². The van der Waals surface area contributed by atoms with Crippen LogP contribution in [-0.4, -0.2) is 70.7 Å². The number of phosphoric ester groups is 1. The first-order valence-electron chi connectivity index (χ1n) is 23.5. The van der Waals surface area contributed by atoms with Crippen LogP contribution in [0.3, 0.4) is 0 Å². The fourth-order valence-electron chi connectivity index (χ4n) is 5.75. The van der Waals surface area contributed by atoms with Gasteiger partial charge in [-0.1, -0.05) is 156 Å². The molecule has 9 heteroatoms. The number of likely N-dealkylation sites (N-methyl/N-ethyl adjacent to an activating group) is 1. The zero-order valence-electron chi connectivity index (χ0n) is 38.9. The Morgan fingerprint density at radius 2 is 0.967 bits per heavy atom.